The smallest absolute Gasteiger partial charge is 0.258 e. The van der Waals surface area contributed by atoms with Gasteiger partial charge in [0.2, 0.25) is 0 Å². The molecule has 0 aliphatic carbocycles. The van der Waals surface area contributed by atoms with Gasteiger partial charge in [-0.15, -0.1) is 0 Å². The molecule has 3 aromatic rings. The Bertz CT molecular complexity index is 1010. The molecule has 0 aliphatic rings. The van der Waals surface area contributed by atoms with Gasteiger partial charge in [0.05, 0.1) is 24.8 Å². The van der Waals surface area contributed by atoms with Gasteiger partial charge in [-0.2, -0.15) is 0 Å². The maximum absolute atomic E-state index is 13.0. The van der Waals surface area contributed by atoms with E-state index in [1.807, 2.05) is 32.0 Å². The zero-order chi connectivity index (χ0) is 20.1. The number of hydrogen-bond acceptors (Lipinski definition) is 4. The van der Waals surface area contributed by atoms with Crippen LogP contribution in [0.2, 0.25) is 0 Å². The number of aliphatic hydroxyl groups is 1. The zero-order valence-electron chi connectivity index (χ0n) is 16.1. The standard InChI is InChI=1S/C22H25N3O3/c1-3-15(2)20(14-26)24-21(27)19-13-25(12-16-8-10-23-11-9-16)22(28)18-7-5-4-6-17(18)19/h4-11,13,15,20,26H,3,12,14H2,1-2H3,(H,24,27)/t15-,20-/m0/s1. The summed E-state index contributed by atoms with van der Waals surface area (Å²) in [5.74, 6) is -0.151. The Kier molecular flexibility index (Phi) is 6.21. The normalized spacial score (nSPS) is 13.2. The van der Waals surface area contributed by atoms with Crippen LogP contribution < -0.4 is 10.9 Å². The first-order valence-electron chi connectivity index (χ1n) is 9.48. The van der Waals surface area contributed by atoms with Crippen LogP contribution in [0.5, 0.6) is 0 Å². The highest BCUT2D eigenvalue weighted by Gasteiger charge is 2.21. The van der Waals surface area contributed by atoms with Crippen molar-refractivity contribution in [3.05, 3.63) is 76.5 Å². The number of aliphatic hydroxyl groups excluding tert-OH is 1. The molecule has 2 heterocycles. The molecule has 2 aromatic heterocycles. The van der Waals surface area contributed by atoms with Crippen LogP contribution in [-0.2, 0) is 6.54 Å². The quantitative estimate of drug-likeness (QED) is 0.661. The van der Waals surface area contributed by atoms with Gasteiger partial charge in [0.15, 0.2) is 0 Å². The lowest BCUT2D eigenvalue weighted by Crippen LogP contribution is -2.42. The van der Waals surface area contributed by atoms with E-state index in [0.29, 0.717) is 22.9 Å². The molecule has 6 nitrogen and oxygen atoms in total. The summed E-state index contributed by atoms with van der Waals surface area (Å²) in [5.41, 5.74) is 1.20. The minimum atomic E-state index is -0.336. The second-order valence-electron chi connectivity index (χ2n) is 7.02. The van der Waals surface area contributed by atoms with Crippen LogP contribution in [-0.4, -0.2) is 33.2 Å². The number of rotatable bonds is 7. The summed E-state index contributed by atoms with van der Waals surface area (Å²) in [5, 5.41) is 13.7. The average Bonchev–Trinajstić information content (AvgIpc) is 2.74. The molecule has 28 heavy (non-hydrogen) atoms. The van der Waals surface area contributed by atoms with E-state index in [2.05, 4.69) is 10.3 Å². The van der Waals surface area contributed by atoms with E-state index in [0.717, 1.165) is 12.0 Å². The monoisotopic (exact) mass is 379 g/mol. The van der Waals surface area contributed by atoms with E-state index in [1.165, 1.54) is 0 Å². The lowest BCUT2D eigenvalue weighted by atomic mass is 9.99. The zero-order valence-corrected chi connectivity index (χ0v) is 16.1. The summed E-state index contributed by atoms with van der Waals surface area (Å²) in [6, 6.07) is 10.5. The van der Waals surface area contributed by atoms with Gasteiger partial charge < -0.3 is 15.0 Å². The summed E-state index contributed by atoms with van der Waals surface area (Å²) < 4.78 is 1.55. The molecular weight excluding hydrogens is 354 g/mol. The third-order valence-electron chi connectivity index (χ3n) is 5.18. The van der Waals surface area contributed by atoms with Crippen molar-refractivity contribution in [1.29, 1.82) is 0 Å². The third-order valence-corrected chi connectivity index (χ3v) is 5.18. The fourth-order valence-electron chi connectivity index (χ4n) is 3.22. The van der Waals surface area contributed by atoms with Gasteiger partial charge in [-0.1, -0.05) is 38.5 Å². The summed E-state index contributed by atoms with van der Waals surface area (Å²) in [4.78, 5) is 29.9. The van der Waals surface area contributed by atoms with E-state index < -0.39 is 0 Å². The molecule has 0 radical (unpaired) electrons. The highest BCUT2D eigenvalue weighted by molar-refractivity contribution is 6.06. The lowest BCUT2D eigenvalue weighted by Gasteiger charge is -2.22. The molecule has 2 atom stereocenters. The largest absolute Gasteiger partial charge is 0.394 e. The third kappa shape index (κ3) is 4.12. The van der Waals surface area contributed by atoms with Crippen molar-refractivity contribution in [2.24, 2.45) is 5.92 Å². The Hall–Kier alpha value is -2.99. The molecule has 0 unspecified atom stereocenters. The van der Waals surface area contributed by atoms with Crippen molar-refractivity contribution in [3.63, 3.8) is 0 Å². The molecule has 146 valence electrons. The molecule has 1 amide bonds. The number of aromatic nitrogens is 2. The molecule has 0 spiro atoms. The topological polar surface area (TPSA) is 84.2 Å². The Labute approximate surface area is 163 Å². The summed E-state index contributed by atoms with van der Waals surface area (Å²) in [6.07, 6.45) is 5.79. The average molecular weight is 379 g/mol. The maximum Gasteiger partial charge on any atom is 0.258 e. The molecule has 6 heteroatoms. The highest BCUT2D eigenvalue weighted by Crippen LogP contribution is 2.17. The van der Waals surface area contributed by atoms with Crippen molar-refractivity contribution < 1.29 is 9.90 Å². The molecule has 0 aliphatic heterocycles. The number of nitrogens with zero attached hydrogens (tertiary/aromatic N) is 2. The fraction of sp³-hybridized carbons (Fsp3) is 0.318. The van der Waals surface area contributed by atoms with Crippen molar-refractivity contribution in [2.75, 3.05) is 6.61 Å². The first kappa shape index (κ1) is 19.8. The molecule has 2 N–H and O–H groups in total. The van der Waals surface area contributed by atoms with E-state index in [4.69, 9.17) is 0 Å². The van der Waals surface area contributed by atoms with E-state index in [-0.39, 0.29) is 30.0 Å². The number of amides is 1. The number of hydrogen-bond donors (Lipinski definition) is 2. The number of carbonyl (C=O) groups excluding carboxylic acids is 1. The number of nitrogens with one attached hydrogen (secondary N) is 1. The Morgan fingerprint density at radius 3 is 2.50 bits per heavy atom. The van der Waals surface area contributed by atoms with Crippen LogP contribution in [0.4, 0.5) is 0 Å². The van der Waals surface area contributed by atoms with Crippen molar-refractivity contribution in [2.45, 2.75) is 32.9 Å². The van der Waals surface area contributed by atoms with Gasteiger partial charge in [-0.25, -0.2) is 0 Å². The SMILES string of the molecule is CC[C@H](C)[C@H](CO)NC(=O)c1cn(Cc2ccncc2)c(=O)c2ccccc12. The van der Waals surface area contributed by atoms with Crippen LogP contribution in [0, 0.1) is 5.92 Å². The van der Waals surface area contributed by atoms with Crippen LogP contribution in [0.1, 0.15) is 36.2 Å². The Morgan fingerprint density at radius 1 is 1.18 bits per heavy atom. The predicted molar refractivity (Wildman–Crippen MR) is 109 cm³/mol. The Balaban J connectivity index is 2.04. The van der Waals surface area contributed by atoms with Crippen molar-refractivity contribution >= 4 is 16.7 Å². The minimum absolute atomic E-state index is 0.130. The molecule has 0 bridgehead atoms. The summed E-state index contributed by atoms with van der Waals surface area (Å²) in [7, 11) is 0. The van der Waals surface area contributed by atoms with Crippen molar-refractivity contribution in [1.82, 2.24) is 14.9 Å². The van der Waals surface area contributed by atoms with Crippen LogP contribution >= 0.6 is 0 Å². The molecule has 0 fully saturated rings. The molecular formula is C22H25N3O3. The van der Waals surface area contributed by atoms with Crippen LogP contribution in [0.15, 0.2) is 59.8 Å². The second kappa shape index (κ2) is 8.80. The summed E-state index contributed by atoms with van der Waals surface area (Å²) >= 11 is 0. The van der Waals surface area contributed by atoms with Crippen LogP contribution in [0.25, 0.3) is 10.8 Å². The van der Waals surface area contributed by atoms with Gasteiger partial charge in [0.25, 0.3) is 11.5 Å². The van der Waals surface area contributed by atoms with E-state index in [9.17, 15) is 14.7 Å². The van der Waals surface area contributed by atoms with E-state index >= 15 is 0 Å². The molecule has 0 saturated heterocycles. The first-order chi connectivity index (χ1) is 13.5. The van der Waals surface area contributed by atoms with Crippen LogP contribution in [0.3, 0.4) is 0 Å². The van der Waals surface area contributed by atoms with Gasteiger partial charge >= 0.3 is 0 Å². The predicted octanol–water partition coefficient (Wildman–Crippen LogP) is 2.58. The van der Waals surface area contributed by atoms with Gasteiger partial charge in [0.1, 0.15) is 0 Å². The Morgan fingerprint density at radius 2 is 1.86 bits per heavy atom. The number of fused-ring (bicyclic) bond motifs is 1. The second-order valence-corrected chi connectivity index (χ2v) is 7.02. The maximum atomic E-state index is 13.0. The highest BCUT2D eigenvalue weighted by atomic mass is 16.3. The lowest BCUT2D eigenvalue weighted by molar-refractivity contribution is 0.0892. The summed E-state index contributed by atoms with van der Waals surface area (Å²) in [6.45, 7) is 4.23. The van der Waals surface area contributed by atoms with Crippen molar-refractivity contribution in [3.8, 4) is 0 Å². The van der Waals surface area contributed by atoms with Gasteiger partial charge in [-0.05, 0) is 29.7 Å². The number of benzene rings is 1. The molecule has 1 aromatic carbocycles. The number of carbonyl (C=O) groups is 1. The van der Waals surface area contributed by atoms with E-state index in [1.54, 1.807) is 41.4 Å². The fourth-order valence-corrected chi connectivity index (χ4v) is 3.22. The molecule has 3 rings (SSSR count). The number of pyridine rings is 2. The first-order valence-corrected chi connectivity index (χ1v) is 9.48. The molecule has 0 saturated carbocycles. The van der Waals surface area contributed by atoms with Gasteiger partial charge in [-0.3, -0.25) is 14.6 Å². The van der Waals surface area contributed by atoms with Gasteiger partial charge in [0, 0.05) is 29.4 Å². The minimum Gasteiger partial charge on any atom is -0.394 e.